The third-order valence-corrected chi connectivity index (χ3v) is 6.59. The highest BCUT2D eigenvalue weighted by Gasteiger charge is 2.25. The van der Waals surface area contributed by atoms with Crippen molar-refractivity contribution in [2.24, 2.45) is 0 Å². The van der Waals surface area contributed by atoms with Gasteiger partial charge in [0.25, 0.3) is 0 Å². The van der Waals surface area contributed by atoms with Crippen molar-refractivity contribution in [1.82, 2.24) is 0 Å². The van der Waals surface area contributed by atoms with Gasteiger partial charge in [0.05, 0.1) is 13.2 Å². The predicted octanol–water partition coefficient (Wildman–Crippen LogP) is 8.22. The summed E-state index contributed by atoms with van der Waals surface area (Å²) in [7, 11) is 0. The average molecular weight is 525 g/mol. The lowest BCUT2D eigenvalue weighted by Crippen LogP contribution is -2.19. The minimum Gasteiger partial charge on any atom is -0.379 e. The minimum absolute atomic E-state index is 0.0138. The third kappa shape index (κ3) is 17.9. The zero-order valence-corrected chi connectivity index (χ0v) is 21.5. The second kappa shape index (κ2) is 21.8. The number of alkyl halides is 1. The first-order valence-electron chi connectivity index (χ1n) is 12.8. The second-order valence-electron chi connectivity index (χ2n) is 8.73. The first-order chi connectivity index (χ1) is 14.4. The van der Waals surface area contributed by atoms with Gasteiger partial charge in [-0.05, 0) is 30.1 Å². The molecule has 4 heteroatoms. The van der Waals surface area contributed by atoms with E-state index in [1.807, 2.05) is 0 Å². The number of unbranched alkanes of at least 4 members (excludes halogenated alkanes) is 15. The molecule has 1 aliphatic heterocycles. The van der Waals surface area contributed by atoms with Crippen LogP contribution in [0.1, 0.15) is 122 Å². The number of ether oxygens (including phenoxy) is 3. The fourth-order valence-electron chi connectivity index (χ4n) is 3.94. The molecular formula is C25H49IO3. The summed E-state index contributed by atoms with van der Waals surface area (Å²) in [4.78, 5) is 0. The summed E-state index contributed by atoms with van der Waals surface area (Å²) in [5.74, 6) is 0. The molecular weight excluding hydrogens is 475 g/mol. The normalized spacial score (nSPS) is 19.2. The summed E-state index contributed by atoms with van der Waals surface area (Å²) in [6, 6.07) is 0. The van der Waals surface area contributed by atoms with Crippen LogP contribution in [0.25, 0.3) is 0 Å². The van der Waals surface area contributed by atoms with Gasteiger partial charge >= 0.3 is 0 Å². The largest absolute Gasteiger partial charge is 0.379 e. The van der Waals surface area contributed by atoms with E-state index in [1.54, 1.807) is 0 Å². The smallest absolute Gasteiger partial charge is 0.158 e. The lowest BCUT2D eigenvalue weighted by atomic mass is 10.0. The van der Waals surface area contributed by atoms with Crippen molar-refractivity contribution >= 4 is 22.6 Å². The Morgan fingerprint density at radius 1 is 0.724 bits per heavy atom. The maximum Gasteiger partial charge on any atom is 0.158 e. The molecule has 0 aromatic heterocycles. The van der Waals surface area contributed by atoms with Gasteiger partial charge < -0.3 is 14.2 Å². The summed E-state index contributed by atoms with van der Waals surface area (Å²) < 4.78 is 18.6. The summed E-state index contributed by atoms with van der Waals surface area (Å²) in [5, 5.41) is 0. The Labute approximate surface area is 195 Å². The van der Waals surface area contributed by atoms with Crippen molar-refractivity contribution in [2.45, 2.75) is 135 Å². The molecule has 0 aromatic carbocycles. The highest BCUT2D eigenvalue weighted by Crippen LogP contribution is 2.19. The number of halogens is 1. The SMILES string of the molecule is CCCCCCCCCCCCCCCCC[C@H]1OC[C@H](COCCCCI)O1. The summed E-state index contributed by atoms with van der Waals surface area (Å²) >= 11 is 2.41. The van der Waals surface area contributed by atoms with Crippen LogP contribution >= 0.6 is 22.6 Å². The molecule has 1 rings (SSSR count). The molecule has 174 valence electrons. The number of hydrogen-bond donors (Lipinski definition) is 0. The van der Waals surface area contributed by atoms with Gasteiger partial charge in [-0.3, -0.25) is 0 Å². The Morgan fingerprint density at radius 3 is 1.83 bits per heavy atom. The molecule has 0 bridgehead atoms. The molecule has 0 aliphatic carbocycles. The Kier molecular flexibility index (Phi) is 20.8. The summed E-state index contributed by atoms with van der Waals surface area (Å²) in [6.07, 6.45) is 24.7. The molecule has 1 aliphatic rings. The monoisotopic (exact) mass is 524 g/mol. The number of hydrogen-bond acceptors (Lipinski definition) is 3. The Morgan fingerprint density at radius 2 is 1.28 bits per heavy atom. The van der Waals surface area contributed by atoms with Crippen molar-refractivity contribution in [3.63, 3.8) is 0 Å². The van der Waals surface area contributed by atoms with Crippen LogP contribution in [-0.2, 0) is 14.2 Å². The maximum absolute atomic E-state index is 5.94. The van der Waals surface area contributed by atoms with E-state index in [4.69, 9.17) is 14.2 Å². The van der Waals surface area contributed by atoms with Crippen LogP contribution in [0, 0.1) is 0 Å². The standard InChI is InChI=1S/C25H49IO3/c1-2-3-4-5-6-7-8-9-10-11-12-13-14-15-16-19-25-28-23-24(29-25)22-27-21-18-17-20-26/h24-25H,2-23H2,1H3/t24-,25-/m0/s1. The molecule has 1 fully saturated rings. The van der Waals surface area contributed by atoms with Crippen molar-refractivity contribution in [1.29, 1.82) is 0 Å². The van der Waals surface area contributed by atoms with Crippen molar-refractivity contribution in [3.05, 3.63) is 0 Å². The van der Waals surface area contributed by atoms with E-state index in [0.29, 0.717) is 13.2 Å². The number of rotatable bonds is 22. The van der Waals surface area contributed by atoms with E-state index in [-0.39, 0.29) is 12.4 Å². The molecule has 2 atom stereocenters. The van der Waals surface area contributed by atoms with Gasteiger partial charge in [0.15, 0.2) is 6.29 Å². The van der Waals surface area contributed by atoms with Crippen LogP contribution in [0.3, 0.4) is 0 Å². The maximum atomic E-state index is 5.94. The van der Waals surface area contributed by atoms with Crippen LogP contribution in [-0.4, -0.2) is 36.6 Å². The molecule has 0 radical (unpaired) electrons. The van der Waals surface area contributed by atoms with E-state index in [2.05, 4.69) is 29.5 Å². The van der Waals surface area contributed by atoms with Crippen LogP contribution in [0.15, 0.2) is 0 Å². The predicted molar refractivity (Wildman–Crippen MR) is 133 cm³/mol. The van der Waals surface area contributed by atoms with Gasteiger partial charge in [-0.1, -0.05) is 119 Å². The van der Waals surface area contributed by atoms with Crippen LogP contribution < -0.4 is 0 Å². The first-order valence-corrected chi connectivity index (χ1v) is 14.3. The molecule has 0 amide bonds. The zero-order valence-electron chi connectivity index (χ0n) is 19.3. The van der Waals surface area contributed by atoms with Gasteiger partial charge in [0, 0.05) is 6.61 Å². The average Bonchev–Trinajstić information content (AvgIpc) is 3.18. The fraction of sp³-hybridized carbons (Fsp3) is 1.00. The van der Waals surface area contributed by atoms with Gasteiger partial charge in [-0.15, -0.1) is 0 Å². The quantitative estimate of drug-likeness (QED) is 0.0811. The van der Waals surface area contributed by atoms with Gasteiger partial charge in [-0.2, -0.15) is 0 Å². The van der Waals surface area contributed by atoms with Crippen LogP contribution in [0.2, 0.25) is 0 Å². The zero-order chi connectivity index (χ0) is 20.8. The molecule has 0 unspecified atom stereocenters. The topological polar surface area (TPSA) is 27.7 Å². The van der Waals surface area contributed by atoms with E-state index in [9.17, 15) is 0 Å². The molecule has 0 aromatic rings. The van der Waals surface area contributed by atoms with Crippen LogP contribution in [0.5, 0.6) is 0 Å². The lowest BCUT2D eigenvalue weighted by Gasteiger charge is -2.11. The second-order valence-corrected chi connectivity index (χ2v) is 9.81. The summed E-state index contributed by atoms with van der Waals surface area (Å²) in [6.45, 7) is 4.54. The van der Waals surface area contributed by atoms with E-state index >= 15 is 0 Å². The molecule has 3 nitrogen and oxygen atoms in total. The van der Waals surface area contributed by atoms with Crippen molar-refractivity contribution < 1.29 is 14.2 Å². The van der Waals surface area contributed by atoms with E-state index in [0.717, 1.165) is 19.4 Å². The molecule has 0 N–H and O–H groups in total. The van der Waals surface area contributed by atoms with Gasteiger partial charge in [0.2, 0.25) is 0 Å². The van der Waals surface area contributed by atoms with Crippen molar-refractivity contribution in [3.8, 4) is 0 Å². The van der Waals surface area contributed by atoms with Crippen LogP contribution in [0.4, 0.5) is 0 Å². The van der Waals surface area contributed by atoms with Gasteiger partial charge in [-0.25, -0.2) is 0 Å². The molecule has 0 spiro atoms. The Hall–Kier alpha value is 0.610. The third-order valence-electron chi connectivity index (χ3n) is 5.83. The van der Waals surface area contributed by atoms with E-state index < -0.39 is 0 Å². The summed E-state index contributed by atoms with van der Waals surface area (Å²) in [5.41, 5.74) is 0. The Balaban J connectivity index is 1.75. The van der Waals surface area contributed by atoms with Gasteiger partial charge in [0.1, 0.15) is 6.10 Å². The fourth-order valence-corrected chi connectivity index (χ4v) is 4.48. The molecule has 0 saturated carbocycles. The molecule has 1 heterocycles. The Bertz CT molecular complexity index is 327. The van der Waals surface area contributed by atoms with Crippen molar-refractivity contribution in [2.75, 3.05) is 24.2 Å². The molecule has 29 heavy (non-hydrogen) atoms. The van der Waals surface area contributed by atoms with E-state index in [1.165, 1.54) is 107 Å². The highest BCUT2D eigenvalue weighted by atomic mass is 127. The lowest BCUT2D eigenvalue weighted by molar-refractivity contribution is -0.0760. The minimum atomic E-state index is 0.0138. The molecule has 1 saturated heterocycles. The first kappa shape index (κ1) is 27.6. The highest BCUT2D eigenvalue weighted by molar-refractivity contribution is 14.1.